The van der Waals surface area contributed by atoms with Gasteiger partial charge in [-0.05, 0) is 18.6 Å². The molecule has 1 aromatic carbocycles. The highest BCUT2D eigenvalue weighted by molar-refractivity contribution is 6.74. The molecule has 0 spiro atoms. The highest BCUT2D eigenvalue weighted by Gasteiger charge is 2.15. The average Bonchev–Trinajstić information content (AvgIpc) is 2.16. The van der Waals surface area contributed by atoms with E-state index in [-0.39, 0.29) is 5.91 Å². The summed E-state index contributed by atoms with van der Waals surface area (Å²) in [5.74, 6) is -0.344. The van der Waals surface area contributed by atoms with Gasteiger partial charge in [0.15, 0.2) is 0 Å². The Bertz CT molecular complexity index is 413. The van der Waals surface area contributed by atoms with Crippen LogP contribution in [0.15, 0.2) is 29.4 Å². The van der Waals surface area contributed by atoms with Gasteiger partial charge in [0.1, 0.15) is 0 Å². The lowest BCUT2D eigenvalue weighted by Crippen LogP contribution is -2.20. The zero-order valence-corrected chi connectivity index (χ0v) is 10.6. The first-order valence-electron chi connectivity index (χ1n) is 4.37. The Kier molecular flexibility index (Phi) is 4.59. The molecule has 0 unspecified atom stereocenters. The number of benzene rings is 1. The normalized spacial score (nSPS) is 11.8. The second kappa shape index (κ2) is 5.53. The van der Waals surface area contributed by atoms with Crippen molar-refractivity contribution in [2.45, 2.75) is 10.7 Å². The number of rotatable bonds is 2. The maximum absolute atomic E-state index is 11.6. The van der Waals surface area contributed by atoms with Crippen molar-refractivity contribution in [2.24, 2.45) is 5.10 Å². The summed E-state index contributed by atoms with van der Waals surface area (Å²) in [5.41, 5.74) is 3.66. The number of aryl methyl sites for hydroxylation is 1. The van der Waals surface area contributed by atoms with Crippen LogP contribution in [0.25, 0.3) is 0 Å². The minimum Gasteiger partial charge on any atom is -0.267 e. The Hall–Kier alpha value is -0.770. The lowest BCUT2D eigenvalue weighted by Gasteiger charge is -2.04. The van der Waals surface area contributed by atoms with Crippen molar-refractivity contribution < 1.29 is 4.79 Å². The van der Waals surface area contributed by atoms with Crippen LogP contribution in [0.2, 0.25) is 0 Å². The maximum atomic E-state index is 11.6. The maximum Gasteiger partial charge on any atom is 0.271 e. The van der Waals surface area contributed by atoms with E-state index in [1.165, 1.54) is 0 Å². The number of carbonyl (C=O) groups excluding carboxylic acids is 1. The van der Waals surface area contributed by atoms with Gasteiger partial charge in [0.25, 0.3) is 5.91 Å². The quantitative estimate of drug-likeness (QED) is 0.504. The molecule has 1 aromatic rings. The fourth-order valence-corrected chi connectivity index (χ4v) is 1.20. The first-order chi connectivity index (χ1) is 7.40. The van der Waals surface area contributed by atoms with Crippen molar-refractivity contribution >= 4 is 46.9 Å². The monoisotopic (exact) mass is 278 g/mol. The molecule has 3 nitrogen and oxygen atoms in total. The number of amides is 1. The molecule has 0 aliphatic carbocycles. The second-order valence-corrected chi connectivity index (χ2v) is 5.42. The lowest BCUT2D eigenvalue weighted by molar-refractivity contribution is 0.0954. The summed E-state index contributed by atoms with van der Waals surface area (Å²) >= 11 is 16.3. The number of hydrogen-bond donors (Lipinski definition) is 1. The third-order valence-electron chi connectivity index (χ3n) is 1.77. The van der Waals surface area contributed by atoms with E-state index < -0.39 is 3.79 Å². The molecule has 0 atom stereocenters. The van der Waals surface area contributed by atoms with Crippen LogP contribution in [0.3, 0.4) is 0 Å². The van der Waals surface area contributed by atoms with Gasteiger partial charge < -0.3 is 0 Å². The zero-order chi connectivity index (χ0) is 12.2. The van der Waals surface area contributed by atoms with Gasteiger partial charge in [0.2, 0.25) is 3.79 Å². The molecule has 1 rings (SSSR count). The Balaban J connectivity index is 2.68. The van der Waals surface area contributed by atoms with Crippen molar-refractivity contribution in [3.8, 4) is 0 Å². The number of hydrogen-bond acceptors (Lipinski definition) is 2. The molecule has 0 saturated heterocycles. The van der Waals surface area contributed by atoms with E-state index in [1.807, 2.05) is 19.1 Å². The largest absolute Gasteiger partial charge is 0.271 e. The van der Waals surface area contributed by atoms with E-state index in [4.69, 9.17) is 34.8 Å². The minimum absolute atomic E-state index is 0.344. The van der Waals surface area contributed by atoms with Crippen molar-refractivity contribution in [1.82, 2.24) is 5.43 Å². The van der Waals surface area contributed by atoms with Gasteiger partial charge in [-0.15, -0.1) is 0 Å². The van der Waals surface area contributed by atoms with Crippen molar-refractivity contribution in [2.75, 3.05) is 0 Å². The molecule has 1 N–H and O–H groups in total. The zero-order valence-electron chi connectivity index (χ0n) is 8.38. The standard InChI is InChI=1S/C10H9Cl3N2O/c1-7-4-2-3-5-8(7)9(16)15-14-6-10(11,12)13/h2-6H,1H3,(H,15,16). The van der Waals surface area contributed by atoms with E-state index >= 15 is 0 Å². The Labute approximate surface area is 108 Å². The molecule has 0 aromatic heterocycles. The third kappa shape index (κ3) is 4.39. The molecule has 0 bridgehead atoms. The van der Waals surface area contributed by atoms with Crippen molar-refractivity contribution in [3.63, 3.8) is 0 Å². The van der Waals surface area contributed by atoms with Crippen molar-refractivity contribution in [3.05, 3.63) is 35.4 Å². The van der Waals surface area contributed by atoms with Crippen LogP contribution >= 0.6 is 34.8 Å². The molecule has 6 heteroatoms. The molecular weight excluding hydrogens is 270 g/mol. The molecular formula is C10H9Cl3N2O. The molecule has 16 heavy (non-hydrogen) atoms. The molecule has 0 radical (unpaired) electrons. The first kappa shape index (κ1) is 13.3. The minimum atomic E-state index is -1.61. The molecule has 1 amide bonds. The van der Waals surface area contributed by atoms with Crippen LogP contribution in [-0.4, -0.2) is 15.9 Å². The summed E-state index contributed by atoms with van der Waals surface area (Å²) in [6, 6.07) is 7.13. The van der Waals surface area contributed by atoms with E-state index in [0.29, 0.717) is 5.56 Å². The van der Waals surface area contributed by atoms with Gasteiger partial charge in [-0.25, -0.2) is 5.43 Å². The molecule has 0 heterocycles. The average molecular weight is 280 g/mol. The van der Waals surface area contributed by atoms with Crippen LogP contribution in [0.5, 0.6) is 0 Å². The van der Waals surface area contributed by atoms with Gasteiger partial charge in [-0.2, -0.15) is 5.10 Å². The Morgan fingerprint density at radius 1 is 1.38 bits per heavy atom. The molecule has 0 saturated carbocycles. The summed E-state index contributed by atoms with van der Waals surface area (Å²) in [4.78, 5) is 11.6. The van der Waals surface area contributed by atoms with Gasteiger partial charge in [-0.1, -0.05) is 53.0 Å². The van der Waals surface area contributed by atoms with Gasteiger partial charge >= 0.3 is 0 Å². The number of carbonyl (C=O) groups is 1. The number of alkyl halides is 3. The van der Waals surface area contributed by atoms with Crippen molar-refractivity contribution in [1.29, 1.82) is 0 Å². The van der Waals surface area contributed by atoms with Crippen LogP contribution in [0, 0.1) is 6.92 Å². The predicted octanol–water partition coefficient (Wildman–Crippen LogP) is 3.08. The number of nitrogens with zero attached hydrogens (tertiary/aromatic N) is 1. The summed E-state index contributed by atoms with van der Waals surface area (Å²) in [6.45, 7) is 1.83. The summed E-state index contributed by atoms with van der Waals surface area (Å²) in [6.07, 6.45) is 1.02. The van der Waals surface area contributed by atoms with Gasteiger partial charge in [0, 0.05) is 5.56 Å². The lowest BCUT2D eigenvalue weighted by atomic mass is 10.1. The van der Waals surface area contributed by atoms with E-state index in [0.717, 1.165) is 11.8 Å². The summed E-state index contributed by atoms with van der Waals surface area (Å²) < 4.78 is -1.61. The van der Waals surface area contributed by atoms with Gasteiger partial charge in [-0.3, -0.25) is 4.79 Å². The SMILES string of the molecule is Cc1ccccc1C(=O)NN=CC(Cl)(Cl)Cl. The fraction of sp³-hybridized carbons (Fsp3) is 0.200. The number of hydrazone groups is 1. The van der Waals surface area contributed by atoms with E-state index in [9.17, 15) is 4.79 Å². The first-order valence-corrected chi connectivity index (χ1v) is 5.50. The van der Waals surface area contributed by atoms with Crippen LogP contribution in [0.4, 0.5) is 0 Å². The number of halogens is 3. The number of nitrogens with one attached hydrogen (secondary N) is 1. The van der Waals surface area contributed by atoms with Gasteiger partial charge in [0.05, 0.1) is 6.21 Å². The second-order valence-electron chi connectivity index (χ2n) is 3.06. The topological polar surface area (TPSA) is 41.5 Å². The molecule has 86 valence electrons. The van der Waals surface area contributed by atoms with Crippen LogP contribution in [0.1, 0.15) is 15.9 Å². The highest BCUT2D eigenvalue weighted by Crippen LogP contribution is 2.22. The smallest absolute Gasteiger partial charge is 0.267 e. The van der Waals surface area contributed by atoms with Crippen LogP contribution in [-0.2, 0) is 0 Å². The fourth-order valence-electron chi connectivity index (χ4n) is 1.05. The third-order valence-corrected chi connectivity index (χ3v) is 2.06. The Morgan fingerprint density at radius 3 is 2.56 bits per heavy atom. The summed E-state index contributed by atoms with van der Waals surface area (Å²) in [7, 11) is 0. The summed E-state index contributed by atoms with van der Waals surface area (Å²) in [5, 5.41) is 3.54. The molecule has 0 aliphatic rings. The van der Waals surface area contributed by atoms with Crippen LogP contribution < -0.4 is 5.43 Å². The molecule has 0 fully saturated rings. The molecule has 0 aliphatic heterocycles. The predicted molar refractivity (Wildman–Crippen MR) is 67.4 cm³/mol. The Morgan fingerprint density at radius 2 is 2.00 bits per heavy atom. The van der Waals surface area contributed by atoms with E-state index in [1.54, 1.807) is 12.1 Å². The van der Waals surface area contributed by atoms with E-state index in [2.05, 4.69) is 10.5 Å². The highest BCUT2D eigenvalue weighted by atomic mass is 35.6.